The molecule has 0 saturated heterocycles. The number of carbonyl (C=O) groups is 2. The van der Waals surface area contributed by atoms with E-state index < -0.39 is 0 Å². The van der Waals surface area contributed by atoms with Crippen molar-refractivity contribution in [3.05, 3.63) is 59.8 Å². The fourth-order valence-corrected chi connectivity index (χ4v) is 3.62. The molecule has 0 saturated carbocycles. The minimum absolute atomic E-state index is 0.0418. The minimum atomic E-state index is -0.346. The molecule has 3 rings (SSSR count). The minimum Gasteiger partial charge on any atom is -0.494 e. The molecule has 0 unspecified atom stereocenters. The summed E-state index contributed by atoms with van der Waals surface area (Å²) in [6, 6.07) is 14.5. The van der Waals surface area contributed by atoms with Crippen LogP contribution in [0, 0.1) is 0 Å². The summed E-state index contributed by atoms with van der Waals surface area (Å²) in [5, 5.41) is 3.17. The largest absolute Gasteiger partial charge is 0.494 e. The third-order valence-electron chi connectivity index (χ3n) is 5.09. The van der Waals surface area contributed by atoms with Gasteiger partial charge in [-0.3, -0.25) is 14.5 Å². The molecule has 34 heavy (non-hydrogen) atoms. The number of ether oxygens (including phenoxy) is 3. The van der Waals surface area contributed by atoms with E-state index in [1.165, 1.54) is 4.90 Å². The smallest absolute Gasteiger partial charge is 0.278 e. The summed E-state index contributed by atoms with van der Waals surface area (Å²) in [4.78, 5) is 28.0. The lowest BCUT2D eigenvalue weighted by atomic mass is 10.0. The van der Waals surface area contributed by atoms with Crippen LogP contribution in [0.3, 0.4) is 0 Å². The predicted molar refractivity (Wildman–Crippen MR) is 133 cm³/mol. The highest BCUT2D eigenvalue weighted by atomic mass is 16.5. The van der Waals surface area contributed by atoms with E-state index >= 15 is 0 Å². The van der Waals surface area contributed by atoms with Gasteiger partial charge in [-0.15, -0.1) is 0 Å². The van der Waals surface area contributed by atoms with Crippen LogP contribution in [-0.4, -0.2) is 48.7 Å². The number of carbonyl (C=O) groups excluding carboxylic acids is 2. The molecule has 1 aliphatic heterocycles. The van der Waals surface area contributed by atoms with Gasteiger partial charge in [0, 0.05) is 18.8 Å². The fraction of sp³-hybridized carbons (Fsp3) is 0.407. The third kappa shape index (κ3) is 6.38. The first-order valence-electron chi connectivity index (χ1n) is 11.8. The van der Waals surface area contributed by atoms with Crippen molar-refractivity contribution in [2.24, 2.45) is 0 Å². The van der Waals surface area contributed by atoms with Gasteiger partial charge in [-0.25, -0.2) is 0 Å². The lowest BCUT2D eigenvalue weighted by Crippen LogP contribution is -2.34. The SMILES string of the molecule is CCOc1ccc(NC2=C(c3ccc(OC(C)C)cc3)C(=O)N(CCCOC(C)C)C2=O)cc1. The highest BCUT2D eigenvalue weighted by molar-refractivity contribution is 6.36. The van der Waals surface area contributed by atoms with Gasteiger partial charge in [0.1, 0.15) is 17.2 Å². The van der Waals surface area contributed by atoms with Crippen molar-refractivity contribution in [1.29, 1.82) is 0 Å². The zero-order valence-electron chi connectivity index (χ0n) is 20.6. The Labute approximate surface area is 201 Å². The summed E-state index contributed by atoms with van der Waals surface area (Å²) in [5.41, 5.74) is 1.96. The van der Waals surface area contributed by atoms with Crippen molar-refractivity contribution in [2.75, 3.05) is 25.1 Å². The van der Waals surface area contributed by atoms with Crippen LogP contribution in [0.4, 0.5) is 5.69 Å². The fourth-order valence-electron chi connectivity index (χ4n) is 3.62. The van der Waals surface area contributed by atoms with Crippen LogP contribution in [0.1, 0.15) is 46.6 Å². The van der Waals surface area contributed by atoms with E-state index in [1.54, 1.807) is 0 Å². The number of anilines is 1. The number of benzene rings is 2. The van der Waals surface area contributed by atoms with Crippen LogP contribution in [0.15, 0.2) is 54.2 Å². The Morgan fingerprint density at radius 1 is 0.853 bits per heavy atom. The molecule has 7 nitrogen and oxygen atoms in total. The lowest BCUT2D eigenvalue weighted by molar-refractivity contribution is -0.137. The quantitative estimate of drug-likeness (QED) is 0.355. The molecule has 1 heterocycles. The second-order valence-corrected chi connectivity index (χ2v) is 8.56. The second-order valence-electron chi connectivity index (χ2n) is 8.56. The summed E-state index contributed by atoms with van der Waals surface area (Å²) >= 11 is 0. The molecule has 7 heteroatoms. The number of nitrogens with zero attached hydrogens (tertiary/aromatic N) is 1. The van der Waals surface area contributed by atoms with Gasteiger partial charge in [-0.05, 0) is 83.0 Å². The van der Waals surface area contributed by atoms with Crippen LogP contribution >= 0.6 is 0 Å². The Hall–Kier alpha value is -3.32. The van der Waals surface area contributed by atoms with Crippen molar-refractivity contribution in [3.63, 3.8) is 0 Å². The molecule has 0 aromatic heterocycles. The Morgan fingerprint density at radius 3 is 2.09 bits per heavy atom. The molecule has 2 aromatic carbocycles. The molecular weight excluding hydrogens is 432 g/mol. The van der Waals surface area contributed by atoms with Gasteiger partial charge in [-0.2, -0.15) is 0 Å². The van der Waals surface area contributed by atoms with Crippen LogP contribution in [0.2, 0.25) is 0 Å². The monoisotopic (exact) mass is 466 g/mol. The van der Waals surface area contributed by atoms with Crippen molar-refractivity contribution < 1.29 is 23.8 Å². The molecular formula is C27H34N2O5. The number of hydrogen-bond donors (Lipinski definition) is 1. The summed E-state index contributed by atoms with van der Waals surface area (Å²) in [7, 11) is 0. The molecule has 0 spiro atoms. The normalized spacial score (nSPS) is 13.9. The van der Waals surface area contributed by atoms with E-state index in [2.05, 4.69) is 5.32 Å². The molecule has 182 valence electrons. The van der Waals surface area contributed by atoms with E-state index in [-0.39, 0.29) is 36.3 Å². The average molecular weight is 467 g/mol. The molecule has 0 bridgehead atoms. The maximum Gasteiger partial charge on any atom is 0.278 e. The number of rotatable bonds is 12. The van der Waals surface area contributed by atoms with Crippen molar-refractivity contribution >= 4 is 23.1 Å². The van der Waals surface area contributed by atoms with Crippen LogP contribution in [0.25, 0.3) is 5.57 Å². The van der Waals surface area contributed by atoms with Gasteiger partial charge in [0.15, 0.2) is 0 Å². The van der Waals surface area contributed by atoms with E-state index in [9.17, 15) is 9.59 Å². The first-order chi connectivity index (χ1) is 16.3. The zero-order valence-corrected chi connectivity index (χ0v) is 20.6. The maximum atomic E-state index is 13.4. The van der Waals surface area contributed by atoms with Crippen LogP contribution < -0.4 is 14.8 Å². The number of hydrogen-bond acceptors (Lipinski definition) is 6. The first-order valence-corrected chi connectivity index (χ1v) is 11.8. The summed E-state index contributed by atoms with van der Waals surface area (Å²) < 4.78 is 16.8. The number of amides is 2. The lowest BCUT2D eigenvalue weighted by Gasteiger charge is -2.16. The molecule has 0 aliphatic carbocycles. The standard InChI is InChI=1S/C27H34N2O5/c1-6-32-22-14-10-21(11-15-22)28-25-24(20-8-12-23(13-9-20)34-19(4)5)26(30)29(27(25)31)16-7-17-33-18(2)3/h8-15,18-19,28H,6-7,16-17H2,1-5H3. The third-order valence-corrected chi connectivity index (χ3v) is 5.09. The molecule has 0 radical (unpaired) electrons. The van der Waals surface area contributed by atoms with E-state index in [4.69, 9.17) is 14.2 Å². The summed E-state index contributed by atoms with van der Waals surface area (Å²) in [5.74, 6) is 0.782. The highest BCUT2D eigenvalue weighted by Crippen LogP contribution is 2.32. The Kier molecular flexibility index (Phi) is 8.71. The molecule has 1 N–H and O–H groups in total. The molecule has 0 fully saturated rings. The topological polar surface area (TPSA) is 77.1 Å². The predicted octanol–water partition coefficient (Wildman–Crippen LogP) is 4.88. The van der Waals surface area contributed by atoms with Crippen molar-refractivity contribution in [1.82, 2.24) is 4.90 Å². The molecule has 2 aromatic rings. The number of nitrogens with one attached hydrogen (secondary N) is 1. The molecule has 0 atom stereocenters. The molecule has 1 aliphatic rings. The second kappa shape index (κ2) is 11.7. The highest BCUT2D eigenvalue weighted by Gasteiger charge is 2.38. The van der Waals surface area contributed by atoms with Gasteiger partial charge in [0.2, 0.25) is 0 Å². The van der Waals surface area contributed by atoms with Crippen LogP contribution in [-0.2, 0) is 14.3 Å². The molecule has 2 amide bonds. The van der Waals surface area contributed by atoms with Crippen molar-refractivity contribution in [3.8, 4) is 11.5 Å². The zero-order chi connectivity index (χ0) is 24.7. The van der Waals surface area contributed by atoms with E-state index in [0.29, 0.717) is 42.2 Å². The van der Waals surface area contributed by atoms with Gasteiger partial charge in [-0.1, -0.05) is 12.1 Å². The van der Waals surface area contributed by atoms with Gasteiger partial charge in [0.05, 0.1) is 24.4 Å². The maximum absolute atomic E-state index is 13.4. The van der Waals surface area contributed by atoms with Gasteiger partial charge < -0.3 is 19.5 Å². The average Bonchev–Trinajstić information content (AvgIpc) is 3.02. The summed E-state index contributed by atoms with van der Waals surface area (Å²) in [6.45, 7) is 11.1. The van der Waals surface area contributed by atoms with E-state index in [0.717, 1.165) is 5.75 Å². The Balaban J connectivity index is 1.88. The summed E-state index contributed by atoms with van der Waals surface area (Å²) in [6.07, 6.45) is 0.711. The Bertz CT molecular complexity index is 1010. The van der Waals surface area contributed by atoms with E-state index in [1.807, 2.05) is 83.1 Å². The first kappa shape index (κ1) is 25.3. The van der Waals surface area contributed by atoms with Crippen LogP contribution in [0.5, 0.6) is 11.5 Å². The van der Waals surface area contributed by atoms with Gasteiger partial charge in [0.25, 0.3) is 11.8 Å². The van der Waals surface area contributed by atoms with Gasteiger partial charge >= 0.3 is 0 Å². The Morgan fingerprint density at radius 2 is 1.50 bits per heavy atom. The number of imide groups is 1. The van der Waals surface area contributed by atoms with Crippen molar-refractivity contribution in [2.45, 2.75) is 53.2 Å².